The zero-order chi connectivity index (χ0) is 7.82. The zero-order valence-corrected chi connectivity index (χ0v) is 8.23. The summed E-state index contributed by atoms with van der Waals surface area (Å²) in [5, 5.41) is 0. The van der Waals surface area contributed by atoms with Crippen LogP contribution in [0, 0.1) is 0 Å². The van der Waals surface area contributed by atoms with Crippen molar-refractivity contribution in [1.82, 2.24) is 0 Å². The normalized spacial score (nSPS) is 8.55. The van der Waals surface area contributed by atoms with Crippen molar-refractivity contribution in [2.75, 3.05) is 6.61 Å². The van der Waals surface area contributed by atoms with E-state index in [-0.39, 0.29) is 22.7 Å². The van der Waals surface area contributed by atoms with Gasteiger partial charge in [0.15, 0.2) is 0 Å². The molecule has 0 bridgehead atoms. The molecule has 0 aliphatic carbocycles. The Hall–Kier alpha value is -0.0235. The summed E-state index contributed by atoms with van der Waals surface area (Å²) in [5.41, 5.74) is 0. The molecule has 67 valence electrons. The number of hydrogen-bond donors (Lipinski definition) is 0. The summed E-state index contributed by atoms with van der Waals surface area (Å²) in [4.78, 5) is 10.7. The molecule has 0 aliphatic heterocycles. The monoisotopic (exact) mass is 203 g/mol. The third kappa shape index (κ3) is 9.98. The first-order valence-electron chi connectivity index (χ1n) is 3.96. The van der Waals surface area contributed by atoms with E-state index < -0.39 is 0 Å². The van der Waals surface area contributed by atoms with E-state index in [1.165, 1.54) is 0 Å². The molecule has 0 heterocycles. The van der Waals surface area contributed by atoms with Crippen LogP contribution in [0.3, 0.4) is 0 Å². The van der Waals surface area contributed by atoms with Crippen molar-refractivity contribution in [3.63, 3.8) is 0 Å². The average Bonchev–Trinajstić information content (AvgIpc) is 1.89. The summed E-state index contributed by atoms with van der Waals surface area (Å²) in [6.45, 7) is 4.45. The number of unbranched alkanes of at least 4 members (excludes halogenated alkanes) is 2. The minimum absolute atomic E-state index is 0. The van der Waals surface area contributed by atoms with Crippen LogP contribution < -0.4 is 0 Å². The van der Waals surface area contributed by atoms with Crippen molar-refractivity contribution in [3.8, 4) is 0 Å². The van der Waals surface area contributed by atoms with Crippen molar-refractivity contribution in [1.29, 1.82) is 0 Å². The van der Waals surface area contributed by atoms with Crippen LogP contribution in [-0.2, 0) is 26.3 Å². The van der Waals surface area contributed by atoms with Crippen LogP contribution in [0.1, 0.15) is 39.5 Å². The molecule has 11 heavy (non-hydrogen) atoms. The maximum absolute atomic E-state index is 10.7. The molecule has 0 N–H and O–H groups in total. The maximum Gasteiger partial charge on any atom is 2.00 e. The molecular weight excluding hydrogens is 187 g/mol. The number of rotatable bonds is 5. The predicted octanol–water partition coefficient (Wildman–Crippen LogP) is 2.13. The molecule has 0 aliphatic rings. The van der Waals surface area contributed by atoms with Gasteiger partial charge in [0.1, 0.15) is 0 Å². The number of ether oxygens (including phenoxy) is 1. The first kappa shape index (κ1) is 13.6. The van der Waals surface area contributed by atoms with Crippen LogP contribution in [0.5, 0.6) is 0 Å². The van der Waals surface area contributed by atoms with Gasteiger partial charge in [-0.3, -0.25) is 4.79 Å². The Kier molecular flexibility index (Phi) is 12.3. The summed E-state index contributed by atoms with van der Waals surface area (Å²) in [6, 6.07) is 0. The number of carbonyl (C=O) groups excluding carboxylic acids is 1. The van der Waals surface area contributed by atoms with Crippen LogP contribution in [0.15, 0.2) is 0 Å². The first-order valence-corrected chi connectivity index (χ1v) is 3.96. The quantitative estimate of drug-likeness (QED) is 0.505. The van der Waals surface area contributed by atoms with Crippen LogP contribution in [0.4, 0.5) is 0 Å². The summed E-state index contributed by atoms with van der Waals surface area (Å²) >= 11 is 0. The van der Waals surface area contributed by atoms with Crippen molar-refractivity contribution >= 4 is 5.97 Å². The van der Waals surface area contributed by atoms with Crippen LogP contribution >= 0.6 is 0 Å². The first-order chi connectivity index (χ1) is 4.81. The molecule has 0 fully saturated rings. The van der Waals surface area contributed by atoms with E-state index in [4.69, 9.17) is 4.74 Å². The fourth-order valence-corrected chi connectivity index (χ4v) is 0.752. The maximum atomic E-state index is 10.7. The molecular formula is C8H16CoO2+2. The Morgan fingerprint density at radius 3 is 2.36 bits per heavy atom. The Morgan fingerprint density at radius 2 is 1.91 bits per heavy atom. The van der Waals surface area contributed by atoms with Gasteiger partial charge in [0.2, 0.25) is 0 Å². The standard InChI is InChI=1S/C8H16O2.Co/c1-3-5-6-7-8(9)10-4-2;/h3-7H2,1-2H3;/q;+2. The van der Waals surface area contributed by atoms with Gasteiger partial charge in [-0.2, -0.15) is 0 Å². The van der Waals surface area contributed by atoms with Gasteiger partial charge in [-0.15, -0.1) is 0 Å². The summed E-state index contributed by atoms with van der Waals surface area (Å²) in [5.74, 6) is -0.0593. The minimum Gasteiger partial charge on any atom is -0.466 e. The molecule has 1 radical (unpaired) electrons. The van der Waals surface area contributed by atoms with E-state index in [1.807, 2.05) is 6.92 Å². The van der Waals surface area contributed by atoms with Crippen molar-refractivity contribution in [3.05, 3.63) is 0 Å². The van der Waals surface area contributed by atoms with Crippen LogP contribution in [-0.4, -0.2) is 12.6 Å². The van der Waals surface area contributed by atoms with Crippen molar-refractivity contribution in [2.24, 2.45) is 0 Å². The third-order valence-corrected chi connectivity index (χ3v) is 1.29. The van der Waals surface area contributed by atoms with E-state index in [1.54, 1.807) is 0 Å². The second kappa shape index (κ2) is 9.98. The van der Waals surface area contributed by atoms with E-state index >= 15 is 0 Å². The second-order valence-electron chi connectivity index (χ2n) is 2.26. The van der Waals surface area contributed by atoms with E-state index in [9.17, 15) is 4.79 Å². The van der Waals surface area contributed by atoms with Gasteiger partial charge in [0.25, 0.3) is 0 Å². The van der Waals surface area contributed by atoms with Gasteiger partial charge < -0.3 is 4.74 Å². The fraction of sp³-hybridized carbons (Fsp3) is 0.875. The van der Waals surface area contributed by atoms with Gasteiger partial charge in [0, 0.05) is 6.42 Å². The zero-order valence-electron chi connectivity index (χ0n) is 7.19. The Balaban J connectivity index is 0. The molecule has 0 aromatic heterocycles. The molecule has 2 nitrogen and oxygen atoms in total. The molecule has 0 saturated heterocycles. The predicted molar refractivity (Wildman–Crippen MR) is 40.8 cm³/mol. The largest absolute Gasteiger partial charge is 2.00 e. The van der Waals surface area contributed by atoms with Gasteiger partial charge >= 0.3 is 22.7 Å². The smallest absolute Gasteiger partial charge is 0.466 e. The summed E-state index contributed by atoms with van der Waals surface area (Å²) in [6.07, 6.45) is 3.83. The number of hydrogen-bond acceptors (Lipinski definition) is 2. The Bertz CT molecular complexity index is 94.1. The van der Waals surface area contributed by atoms with Gasteiger partial charge in [-0.25, -0.2) is 0 Å². The molecule has 0 aromatic rings. The third-order valence-electron chi connectivity index (χ3n) is 1.29. The van der Waals surface area contributed by atoms with Gasteiger partial charge in [-0.05, 0) is 13.3 Å². The van der Waals surface area contributed by atoms with E-state index in [2.05, 4.69) is 6.92 Å². The molecule has 0 spiro atoms. The fourth-order valence-electron chi connectivity index (χ4n) is 0.752. The number of carbonyl (C=O) groups is 1. The topological polar surface area (TPSA) is 26.3 Å². The molecule has 0 atom stereocenters. The number of esters is 1. The van der Waals surface area contributed by atoms with Gasteiger partial charge in [0.05, 0.1) is 6.61 Å². The van der Waals surface area contributed by atoms with Gasteiger partial charge in [-0.1, -0.05) is 19.8 Å². The Labute approximate surface area is 78.9 Å². The minimum atomic E-state index is -0.0593. The average molecular weight is 203 g/mol. The van der Waals surface area contributed by atoms with Crippen molar-refractivity contribution in [2.45, 2.75) is 39.5 Å². The van der Waals surface area contributed by atoms with Crippen molar-refractivity contribution < 1.29 is 26.3 Å². The SMILES string of the molecule is CCCCCC(=O)OCC.[Co+2]. The summed E-state index contributed by atoms with van der Waals surface area (Å²) in [7, 11) is 0. The molecule has 0 amide bonds. The molecule has 3 heteroatoms. The van der Waals surface area contributed by atoms with Crippen LogP contribution in [0.2, 0.25) is 0 Å². The van der Waals surface area contributed by atoms with E-state index in [0.717, 1.165) is 19.3 Å². The molecule has 0 aromatic carbocycles. The Morgan fingerprint density at radius 1 is 1.27 bits per heavy atom. The summed E-state index contributed by atoms with van der Waals surface area (Å²) < 4.78 is 4.75. The molecule has 0 saturated carbocycles. The molecule has 0 unspecified atom stereocenters. The van der Waals surface area contributed by atoms with Crippen LogP contribution in [0.25, 0.3) is 0 Å². The van der Waals surface area contributed by atoms with E-state index in [0.29, 0.717) is 13.0 Å². The second-order valence-corrected chi connectivity index (χ2v) is 2.26. The molecule has 0 rings (SSSR count).